The molecule has 2 aromatic heterocycles. The third-order valence-electron chi connectivity index (χ3n) is 4.75. The number of H-pyrrole nitrogens is 1. The zero-order chi connectivity index (χ0) is 17.9. The van der Waals surface area contributed by atoms with Crippen LogP contribution >= 0.6 is 11.6 Å². The smallest absolute Gasteiger partial charge is 0.285 e. The molecule has 8 nitrogen and oxygen atoms in total. The average Bonchev–Trinajstić information content (AvgIpc) is 3.13. The number of hydrogen-bond acceptors (Lipinski definition) is 7. The number of piperazine rings is 1. The second kappa shape index (κ2) is 7.51. The Kier molecular flexibility index (Phi) is 4.94. The molecule has 0 aliphatic carbocycles. The lowest BCUT2D eigenvalue weighted by Gasteiger charge is -2.29. The van der Waals surface area contributed by atoms with Crippen LogP contribution in [0.2, 0.25) is 5.02 Å². The third kappa shape index (κ3) is 3.61. The topological polar surface area (TPSA) is 86.4 Å². The first-order chi connectivity index (χ1) is 12.7. The minimum atomic E-state index is -0.376. The van der Waals surface area contributed by atoms with Gasteiger partial charge in [-0.2, -0.15) is 5.10 Å². The summed E-state index contributed by atoms with van der Waals surface area (Å²) in [5.41, 5.74) is 1.40. The number of nitrogens with zero attached hydrogens (tertiary/aromatic N) is 4. The number of aromatic amines is 1. The van der Waals surface area contributed by atoms with Gasteiger partial charge in [0.15, 0.2) is 0 Å². The summed E-state index contributed by atoms with van der Waals surface area (Å²) in [6.07, 6.45) is 4.20. The van der Waals surface area contributed by atoms with E-state index in [0.717, 1.165) is 44.8 Å². The van der Waals surface area contributed by atoms with E-state index in [9.17, 15) is 4.79 Å². The van der Waals surface area contributed by atoms with Gasteiger partial charge in [-0.3, -0.25) is 4.79 Å². The standard InChI is InChI=1S/C17H21ClN6O2/c18-16-14(10-21-22-17(16)25)24-6-2-13(11-24)26-15-9-12(1-3-20-15)23-7-4-19-5-8-23/h1,3,9-10,13,19H,2,4-8,11H2,(H,22,25)/t13-/m1/s1. The van der Waals surface area contributed by atoms with Crippen molar-refractivity contribution in [1.82, 2.24) is 20.5 Å². The second-order valence-corrected chi connectivity index (χ2v) is 6.84. The molecule has 4 heterocycles. The lowest BCUT2D eigenvalue weighted by atomic mass is 10.3. The van der Waals surface area contributed by atoms with Crippen LogP contribution in [0, 0.1) is 0 Å². The van der Waals surface area contributed by atoms with Crippen molar-refractivity contribution in [3.8, 4) is 5.88 Å². The lowest BCUT2D eigenvalue weighted by molar-refractivity contribution is 0.216. The highest BCUT2D eigenvalue weighted by molar-refractivity contribution is 6.33. The lowest BCUT2D eigenvalue weighted by Crippen LogP contribution is -2.43. The molecule has 2 fully saturated rings. The van der Waals surface area contributed by atoms with Gasteiger partial charge in [0, 0.05) is 57.1 Å². The molecule has 138 valence electrons. The van der Waals surface area contributed by atoms with Crippen molar-refractivity contribution < 1.29 is 4.74 Å². The molecule has 4 rings (SSSR count). The Labute approximate surface area is 156 Å². The molecule has 0 radical (unpaired) electrons. The molecule has 0 spiro atoms. The van der Waals surface area contributed by atoms with Gasteiger partial charge in [-0.25, -0.2) is 10.1 Å². The Morgan fingerprint density at radius 3 is 2.92 bits per heavy atom. The number of pyridine rings is 1. The van der Waals surface area contributed by atoms with Crippen molar-refractivity contribution >= 4 is 23.0 Å². The Balaban J connectivity index is 1.42. The van der Waals surface area contributed by atoms with Crippen LogP contribution in [0.5, 0.6) is 5.88 Å². The summed E-state index contributed by atoms with van der Waals surface area (Å²) in [6, 6.07) is 4.01. The van der Waals surface area contributed by atoms with E-state index in [-0.39, 0.29) is 16.7 Å². The van der Waals surface area contributed by atoms with Crippen LogP contribution in [0.1, 0.15) is 6.42 Å². The molecule has 0 unspecified atom stereocenters. The van der Waals surface area contributed by atoms with Gasteiger partial charge in [0.25, 0.3) is 5.56 Å². The summed E-state index contributed by atoms with van der Waals surface area (Å²) in [5.74, 6) is 0.628. The van der Waals surface area contributed by atoms with Crippen LogP contribution in [0.25, 0.3) is 0 Å². The SMILES string of the molecule is O=c1[nH]ncc(N2CC[C@@H](Oc3cc(N4CCNCC4)ccn3)C2)c1Cl. The van der Waals surface area contributed by atoms with E-state index >= 15 is 0 Å². The normalized spacial score (nSPS) is 20.4. The molecule has 0 saturated carbocycles. The summed E-state index contributed by atoms with van der Waals surface area (Å²) in [6.45, 7) is 5.34. The highest BCUT2D eigenvalue weighted by Crippen LogP contribution is 2.27. The van der Waals surface area contributed by atoms with E-state index in [4.69, 9.17) is 16.3 Å². The van der Waals surface area contributed by atoms with Crippen molar-refractivity contribution in [3.63, 3.8) is 0 Å². The number of anilines is 2. The van der Waals surface area contributed by atoms with E-state index in [1.807, 2.05) is 17.0 Å². The first kappa shape index (κ1) is 17.1. The van der Waals surface area contributed by atoms with Crippen LogP contribution in [-0.2, 0) is 0 Å². The molecule has 2 saturated heterocycles. The molecule has 2 aliphatic heterocycles. The maximum atomic E-state index is 11.6. The Hall–Kier alpha value is -2.32. The molecule has 9 heteroatoms. The molecule has 2 aromatic rings. The van der Waals surface area contributed by atoms with Crippen LogP contribution < -0.4 is 25.4 Å². The number of rotatable bonds is 4. The van der Waals surface area contributed by atoms with Gasteiger partial charge in [0.05, 0.1) is 18.4 Å². The first-order valence-corrected chi connectivity index (χ1v) is 9.15. The second-order valence-electron chi connectivity index (χ2n) is 6.46. The van der Waals surface area contributed by atoms with E-state index < -0.39 is 0 Å². The van der Waals surface area contributed by atoms with Crippen LogP contribution in [-0.4, -0.2) is 60.6 Å². The molecule has 0 bridgehead atoms. The quantitative estimate of drug-likeness (QED) is 0.819. The van der Waals surface area contributed by atoms with Gasteiger partial charge in [0.1, 0.15) is 11.1 Å². The van der Waals surface area contributed by atoms with Crippen molar-refractivity contribution in [2.24, 2.45) is 0 Å². The van der Waals surface area contributed by atoms with E-state index in [0.29, 0.717) is 18.1 Å². The van der Waals surface area contributed by atoms with Gasteiger partial charge in [0.2, 0.25) is 5.88 Å². The molecular weight excluding hydrogens is 356 g/mol. The van der Waals surface area contributed by atoms with E-state index in [1.54, 1.807) is 12.4 Å². The van der Waals surface area contributed by atoms with Crippen molar-refractivity contribution in [2.45, 2.75) is 12.5 Å². The van der Waals surface area contributed by atoms with Crippen LogP contribution in [0.3, 0.4) is 0 Å². The zero-order valence-electron chi connectivity index (χ0n) is 14.3. The third-order valence-corrected chi connectivity index (χ3v) is 5.12. The Bertz CT molecular complexity index is 823. The number of halogens is 1. The molecule has 26 heavy (non-hydrogen) atoms. The van der Waals surface area contributed by atoms with Gasteiger partial charge in [-0.1, -0.05) is 11.6 Å². The minimum Gasteiger partial charge on any atom is -0.472 e. The van der Waals surface area contributed by atoms with Crippen molar-refractivity contribution in [3.05, 3.63) is 39.9 Å². The summed E-state index contributed by atoms with van der Waals surface area (Å²) in [7, 11) is 0. The zero-order valence-corrected chi connectivity index (χ0v) is 15.1. The number of nitrogens with one attached hydrogen (secondary N) is 2. The van der Waals surface area contributed by atoms with E-state index in [1.165, 1.54) is 0 Å². The summed E-state index contributed by atoms with van der Waals surface area (Å²) in [4.78, 5) is 20.3. The predicted molar refractivity (Wildman–Crippen MR) is 100 cm³/mol. The maximum Gasteiger partial charge on any atom is 0.285 e. The molecule has 0 aromatic carbocycles. The molecular formula is C17H21ClN6O2. The van der Waals surface area contributed by atoms with E-state index in [2.05, 4.69) is 25.4 Å². The van der Waals surface area contributed by atoms with Crippen LogP contribution in [0.4, 0.5) is 11.4 Å². The molecule has 2 aliphatic rings. The fourth-order valence-electron chi connectivity index (χ4n) is 3.39. The van der Waals surface area contributed by atoms with Crippen LogP contribution in [0.15, 0.2) is 29.3 Å². The molecule has 1 atom stereocenters. The largest absolute Gasteiger partial charge is 0.472 e. The monoisotopic (exact) mass is 376 g/mol. The van der Waals surface area contributed by atoms with Gasteiger partial charge in [-0.15, -0.1) is 0 Å². The number of aromatic nitrogens is 3. The van der Waals surface area contributed by atoms with Gasteiger partial charge in [-0.05, 0) is 6.07 Å². The molecule has 2 N–H and O–H groups in total. The number of ether oxygens (including phenoxy) is 1. The summed E-state index contributed by atoms with van der Waals surface area (Å²) in [5, 5.41) is 9.69. The highest BCUT2D eigenvalue weighted by atomic mass is 35.5. The summed E-state index contributed by atoms with van der Waals surface area (Å²) >= 11 is 6.10. The Morgan fingerprint density at radius 2 is 2.08 bits per heavy atom. The fraction of sp³-hybridized carbons (Fsp3) is 0.471. The predicted octanol–water partition coefficient (Wildman–Crippen LogP) is 0.886. The molecule has 0 amide bonds. The van der Waals surface area contributed by atoms with Crippen molar-refractivity contribution in [2.75, 3.05) is 49.1 Å². The Morgan fingerprint density at radius 1 is 1.23 bits per heavy atom. The average molecular weight is 377 g/mol. The van der Waals surface area contributed by atoms with Crippen molar-refractivity contribution in [1.29, 1.82) is 0 Å². The van der Waals surface area contributed by atoms with Gasteiger partial charge >= 0.3 is 0 Å². The maximum absolute atomic E-state index is 11.6. The first-order valence-electron chi connectivity index (χ1n) is 8.77. The van der Waals surface area contributed by atoms with Gasteiger partial charge < -0.3 is 19.9 Å². The summed E-state index contributed by atoms with van der Waals surface area (Å²) < 4.78 is 6.08. The number of hydrogen-bond donors (Lipinski definition) is 2. The highest BCUT2D eigenvalue weighted by Gasteiger charge is 2.27. The minimum absolute atomic E-state index is 0.00359. The fourth-order valence-corrected chi connectivity index (χ4v) is 3.60.